The Morgan fingerprint density at radius 2 is 2.31 bits per heavy atom. The van der Waals surface area contributed by atoms with Gasteiger partial charge in [0.25, 0.3) is 0 Å². The number of amides is 1. The SMILES string of the molecule is CC1=C(C(=O)N[C@@H](C)C#N)CCC1. The van der Waals surface area contributed by atoms with Crippen LogP contribution in [0.4, 0.5) is 0 Å². The number of carbonyl (C=O) groups excluding carboxylic acids is 1. The number of hydrogen-bond acceptors (Lipinski definition) is 2. The minimum Gasteiger partial charge on any atom is -0.337 e. The maximum Gasteiger partial charge on any atom is 0.248 e. The molecule has 0 aromatic carbocycles. The Bertz CT molecular complexity index is 286. The van der Waals surface area contributed by atoms with Gasteiger partial charge in [-0.1, -0.05) is 5.57 Å². The highest BCUT2D eigenvalue weighted by molar-refractivity contribution is 5.94. The maximum absolute atomic E-state index is 11.5. The van der Waals surface area contributed by atoms with Crippen LogP contribution in [0.5, 0.6) is 0 Å². The number of nitriles is 1. The van der Waals surface area contributed by atoms with E-state index in [9.17, 15) is 4.79 Å². The summed E-state index contributed by atoms with van der Waals surface area (Å²) in [6, 6.07) is 1.58. The molecule has 0 unspecified atom stereocenters. The highest BCUT2D eigenvalue weighted by atomic mass is 16.1. The summed E-state index contributed by atoms with van der Waals surface area (Å²) < 4.78 is 0. The quantitative estimate of drug-likeness (QED) is 0.697. The molecule has 0 heterocycles. The second-order valence-corrected chi connectivity index (χ2v) is 3.44. The molecule has 0 bridgehead atoms. The number of hydrogen-bond donors (Lipinski definition) is 1. The maximum atomic E-state index is 11.5. The zero-order valence-electron chi connectivity index (χ0n) is 8.05. The topological polar surface area (TPSA) is 52.9 Å². The molecule has 0 aliphatic heterocycles. The molecule has 1 rings (SSSR count). The van der Waals surface area contributed by atoms with Crippen molar-refractivity contribution in [3.63, 3.8) is 0 Å². The van der Waals surface area contributed by atoms with Crippen molar-refractivity contribution in [1.29, 1.82) is 5.26 Å². The first-order valence-corrected chi connectivity index (χ1v) is 4.54. The summed E-state index contributed by atoms with van der Waals surface area (Å²) in [4.78, 5) is 11.5. The van der Waals surface area contributed by atoms with Crippen molar-refractivity contribution in [2.75, 3.05) is 0 Å². The van der Waals surface area contributed by atoms with Crippen LogP contribution in [0.15, 0.2) is 11.1 Å². The molecular weight excluding hydrogens is 164 g/mol. The van der Waals surface area contributed by atoms with Crippen molar-refractivity contribution in [3.8, 4) is 6.07 Å². The fraction of sp³-hybridized carbons (Fsp3) is 0.600. The Kier molecular flexibility index (Phi) is 3.07. The van der Waals surface area contributed by atoms with Crippen LogP contribution in [-0.4, -0.2) is 11.9 Å². The van der Waals surface area contributed by atoms with Gasteiger partial charge in [0.15, 0.2) is 0 Å². The van der Waals surface area contributed by atoms with E-state index >= 15 is 0 Å². The van der Waals surface area contributed by atoms with E-state index in [0.29, 0.717) is 0 Å². The van der Waals surface area contributed by atoms with Crippen molar-refractivity contribution in [3.05, 3.63) is 11.1 Å². The molecule has 1 atom stereocenters. The molecular formula is C10H14N2O. The van der Waals surface area contributed by atoms with Crippen LogP contribution in [-0.2, 0) is 4.79 Å². The van der Waals surface area contributed by atoms with Crippen molar-refractivity contribution in [2.24, 2.45) is 0 Å². The van der Waals surface area contributed by atoms with Gasteiger partial charge in [0.2, 0.25) is 5.91 Å². The van der Waals surface area contributed by atoms with Gasteiger partial charge in [-0.15, -0.1) is 0 Å². The Labute approximate surface area is 78.4 Å². The first kappa shape index (κ1) is 9.79. The first-order valence-electron chi connectivity index (χ1n) is 4.54. The highest BCUT2D eigenvalue weighted by Gasteiger charge is 2.18. The van der Waals surface area contributed by atoms with Crippen molar-refractivity contribution < 1.29 is 4.79 Å². The lowest BCUT2D eigenvalue weighted by molar-refractivity contribution is -0.117. The molecule has 0 aromatic heterocycles. The van der Waals surface area contributed by atoms with Gasteiger partial charge in [-0.3, -0.25) is 4.79 Å². The minimum atomic E-state index is -0.395. The van der Waals surface area contributed by atoms with Gasteiger partial charge in [0.05, 0.1) is 6.07 Å². The molecule has 70 valence electrons. The number of allylic oxidation sites excluding steroid dienone is 1. The van der Waals surface area contributed by atoms with Gasteiger partial charge < -0.3 is 5.32 Å². The lowest BCUT2D eigenvalue weighted by Crippen LogP contribution is -2.32. The number of nitrogens with zero attached hydrogens (tertiary/aromatic N) is 1. The van der Waals surface area contributed by atoms with E-state index in [1.165, 1.54) is 5.57 Å². The predicted octanol–water partition coefficient (Wildman–Crippen LogP) is 1.52. The molecule has 1 amide bonds. The third kappa shape index (κ3) is 2.32. The van der Waals surface area contributed by atoms with Crippen molar-refractivity contribution >= 4 is 5.91 Å². The molecule has 3 nitrogen and oxygen atoms in total. The van der Waals surface area contributed by atoms with Crippen LogP contribution in [0.2, 0.25) is 0 Å². The van der Waals surface area contributed by atoms with Gasteiger partial charge in [-0.2, -0.15) is 5.26 Å². The van der Waals surface area contributed by atoms with Gasteiger partial charge in [-0.25, -0.2) is 0 Å². The molecule has 1 aliphatic rings. The summed E-state index contributed by atoms with van der Waals surface area (Å²) in [7, 11) is 0. The summed E-state index contributed by atoms with van der Waals surface area (Å²) in [5, 5.41) is 11.2. The standard InChI is InChI=1S/C10H14N2O/c1-7-4-3-5-9(7)10(13)12-8(2)6-11/h8H,3-5H2,1-2H3,(H,12,13)/t8-/m0/s1. The normalized spacial score (nSPS) is 18.2. The van der Waals surface area contributed by atoms with Crippen molar-refractivity contribution in [2.45, 2.75) is 39.2 Å². The lowest BCUT2D eigenvalue weighted by atomic mass is 10.1. The molecule has 0 saturated heterocycles. The predicted molar refractivity (Wildman–Crippen MR) is 49.8 cm³/mol. The fourth-order valence-corrected chi connectivity index (χ4v) is 1.52. The van der Waals surface area contributed by atoms with Crippen LogP contribution >= 0.6 is 0 Å². The molecule has 3 heteroatoms. The van der Waals surface area contributed by atoms with E-state index < -0.39 is 6.04 Å². The smallest absolute Gasteiger partial charge is 0.248 e. The number of carbonyl (C=O) groups is 1. The van der Waals surface area contributed by atoms with Crippen LogP contribution in [0.3, 0.4) is 0 Å². The highest BCUT2D eigenvalue weighted by Crippen LogP contribution is 2.25. The summed E-state index contributed by atoms with van der Waals surface area (Å²) >= 11 is 0. The third-order valence-electron chi connectivity index (χ3n) is 2.31. The largest absolute Gasteiger partial charge is 0.337 e. The summed E-state index contributed by atoms with van der Waals surface area (Å²) in [6.45, 7) is 3.67. The van der Waals surface area contributed by atoms with Crippen LogP contribution < -0.4 is 5.32 Å². The molecule has 1 N–H and O–H groups in total. The van der Waals surface area contributed by atoms with Crippen LogP contribution in [0.1, 0.15) is 33.1 Å². The third-order valence-corrected chi connectivity index (χ3v) is 2.31. The summed E-state index contributed by atoms with van der Waals surface area (Å²) in [5.74, 6) is -0.0657. The Morgan fingerprint density at radius 1 is 1.62 bits per heavy atom. The van der Waals surface area contributed by atoms with E-state index in [-0.39, 0.29) is 5.91 Å². The fourth-order valence-electron chi connectivity index (χ4n) is 1.52. The Hall–Kier alpha value is -1.30. The zero-order chi connectivity index (χ0) is 9.84. The van der Waals surface area contributed by atoms with E-state index in [2.05, 4.69) is 5.32 Å². The van der Waals surface area contributed by atoms with Crippen molar-refractivity contribution in [1.82, 2.24) is 5.32 Å². The molecule has 1 aliphatic carbocycles. The minimum absolute atomic E-state index is 0.0657. The Balaban J connectivity index is 2.59. The van der Waals surface area contributed by atoms with Gasteiger partial charge in [0.1, 0.15) is 6.04 Å². The molecule has 0 fully saturated rings. The van der Waals surface area contributed by atoms with Gasteiger partial charge in [-0.05, 0) is 33.1 Å². The average molecular weight is 178 g/mol. The van der Waals surface area contributed by atoms with Gasteiger partial charge >= 0.3 is 0 Å². The van der Waals surface area contributed by atoms with E-state index in [4.69, 9.17) is 5.26 Å². The molecule has 0 radical (unpaired) electrons. The first-order chi connectivity index (χ1) is 6.15. The summed E-state index contributed by atoms with van der Waals surface area (Å²) in [6.07, 6.45) is 2.94. The molecule has 0 aromatic rings. The Morgan fingerprint density at radius 3 is 2.77 bits per heavy atom. The van der Waals surface area contributed by atoms with Crippen LogP contribution in [0.25, 0.3) is 0 Å². The summed E-state index contributed by atoms with van der Waals surface area (Å²) in [5.41, 5.74) is 2.05. The second kappa shape index (κ2) is 4.08. The molecule has 0 spiro atoms. The van der Waals surface area contributed by atoms with E-state index in [1.54, 1.807) is 6.92 Å². The molecule has 13 heavy (non-hydrogen) atoms. The van der Waals surface area contributed by atoms with Gasteiger partial charge in [0, 0.05) is 5.57 Å². The lowest BCUT2D eigenvalue weighted by Gasteiger charge is -2.07. The second-order valence-electron chi connectivity index (χ2n) is 3.44. The van der Waals surface area contributed by atoms with E-state index in [0.717, 1.165) is 24.8 Å². The number of rotatable bonds is 2. The number of nitrogens with one attached hydrogen (secondary N) is 1. The molecule has 0 saturated carbocycles. The zero-order valence-corrected chi connectivity index (χ0v) is 8.05. The average Bonchev–Trinajstić information content (AvgIpc) is 2.51. The van der Waals surface area contributed by atoms with E-state index in [1.807, 2.05) is 13.0 Å². The van der Waals surface area contributed by atoms with Crippen LogP contribution in [0, 0.1) is 11.3 Å². The monoisotopic (exact) mass is 178 g/mol.